The van der Waals surface area contributed by atoms with Gasteiger partial charge in [-0.3, -0.25) is 0 Å². The van der Waals surface area contributed by atoms with E-state index in [9.17, 15) is 23.4 Å². The van der Waals surface area contributed by atoms with Gasteiger partial charge in [-0.15, -0.1) is 11.3 Å². The standard InChI is InChI=1S/C22H27F3N6O2S/c1-11-16(20-29-13-6-4-5-7-15(13)34-20)19(30-21(27-11)26-10-22(23,24)25)28-14-8-12(9-31(2)3)17(32)18(14)33/h4-7,12,14,17-18,32-33H,8-10H2,1-3H3,(H2,26,27,28,30)/t12-,14-,17-,18+/m1/s1. The van der Waals surface area contributed by atoms with Crippen LogP contribution in [0.15, 0.2) is 24.3 Å². The Balaban J connectivity index is 1.71. The zero-order valence-corrected chi connectivity index (χ0v) is 19.8. The molecular formula is C22H27F3N6O2S. The van der Waals surface area contributed by atoms with Crippen molar-refractivity contribution in [3.8, 4) is 10.6 Å². The molecule has 1 aliphatic rings. The molecular weight excluding hydrogens is 469 g/mol. The first kappa shape index (κ1) is 24.6. The van der Waals surface area contributed by atoms with Crippen LogP contribution >= 0.6 is 11.3 Å². The Bertz CT molecular complexity index is 1120. The molecule has 2 aromatic heterocycles. The van der Waals surface area contributed by atoms with Crippen LogP contribution in [0.25, 0.3) is 20.8 Å². The molecule has 0 unspecified atom stereocenters. The molecule has 0 saturated heterocycles. The number of hydrogen-bond donors (Lipinski definition) is 4. The fourth-order valence-corrected chi connectivity index (χ4v) is 5.33. The number of aliphatic hydroxyl groups is 2. The Labute approximate surface area is 198 Å². The van der Waals surface area contributed by atoms with Crippen molar-refractivity contribution < 1.29 is 23.4 Å². The number of benzene rings is 1. The molecule has 1 aliphatic carbocycles. The van der Waals surface area contributed by atoms with Crippen LogP contribution in [0, 0.1) is 12.8 Å². The van der Waals surface area contributed by atoms with Crippen LogP contribution in [0.2, 0.25) is 0 Å². The number of aliphatic hydroxyl groups excluding tert-OH is 2. The number of alkyl halides is 3. The van der Waals surface area contributed by atoms with Crippen molar-refractivity contribution >= 4 is 33.3 Å². The lowest BCUT2D eigenvalue weighted by Gasteiger charge is -2.21. The number of anilines is 2. The van der Waals surface area contributed by atoms with Gasteiger partial charge in [0, 0.05) is 12.5 Å². The summed E-state index contributed by atoms with van der Waals surface area (Å²) in [6.45, 7) is 0.992. The van der Waals surface area contributed by atoms with E-state index in [0.29, 0.717) is 29.2 Å². The summed E-state index contributed by atoms with van der Waals surface area (Å²) < 4.78 is 39.2. The van der Waals surface area contributed by atoms with Crippen molar-refractivity contribution in [3.05, 3.63) is 30.0 Å². The highest BCUT2D eigenvalue weighted by Crippen LogP contribution is 2.38. The van der Waals surface area contributed by atoms with E-state index in [1.54, 1.807) is 6.92 Å². The number of thiazole rings is 1. The monoisotopic (exact) mass is 496 g/mol. The van der Waals surface area contributed by atoms with Crippen molar-refractivity contribution in [1.29, 1.82) is 0 Å². The molecule has 1 saturated carbocycles. The molecule has 0 amide bonds. The fourth-order valence-electron chi connectivity index (χ4n) is 4.26. The fraction of sp³-hybridized carbons (Fsp3) is 0.500. The quantitative estimate of drug-likeness (QED) is 0.396. The van der Waals surface area contributed by atoms with Crippen molar-refractivity contribution in [2.75, 3.05) is 37.8 Å². The molecule has 184 valence electrons. The molecule has 0 radical (unpaired) electrons. The Morgan fingerprint density at radius 1 is 1.12 bits per heavy atom. The zero-order valence-electron chi connectivity index (χ0n) is 19.0. The molecule has 8 nitrogen and oxygen atoms in total. The third-order valence-electron chi connectivity index (χ3n) is 5.77. The van der Waals surface area contributed by atoms with Gasteiger partial charge in [-0.25, -0.2) is 9.97 Å². The molecule has 12 heteroatoms. The summed E-state index contributed by atoms with van der Waals surface area (Å²) in [5.74, 6) is -0.0859. The Morgan fingerprint density at radius 2 is 1.85 bits per heavy atom. The van der Waals surface area contributed by atoms with E-state index in [2.05, 4.69) is 25.6 Å². The highest BCUT2D eigenvalue weighted by molar-refractivity contribution is 7.21. The van der Waals surface area contributed by atoms with Gasteiger partial charge in [-0.1, -0.05) is 12.1 Å². The van der Waals surface area contributed by atoms with Crippen molar-refractivity contribution in [2.24, 2.45) is 5.92 Å². The number of fused-ring (bicyclic) bond motifs is 1. The van der Waals surface area contributed by atoms with Gasteiger partial charge >= 0.3 is 6.18 Å². The van der Waals surface area contributed by atoms with Crippen LogP contribution in [0.1, 0.15) is 12.1 Å². The summed E-state index contributed by atoms with van der Waals surface area (Å²) in [5.41, 5.74) is 1.78. The van der Waals surface area contributed by atoms with Crippen LogP contribution in [-0.2, 0) is 0 Å². The minimum absolute atomic E-state index is 0.167. The molecule has 1 fully saturated rings. The largest absolute Gasteiger partial charge is 0.405 e. The molecule has 2 heterocycles. The van der Waals surface area contributed by atoms with Gasteiger partial charge in [0.05, 0.1) is 33.6 Å². The highest BCUT2D eigenvalue weighted by Gasteiger charge is 2.42. The van der Waals surface area contributed by atoms with Gasteiger partial charge in [0.15, 0.2) is 0 Å². The number of rotatable bonds is 7. The van der Waals surface area contributed by atoms with Crippen LogP contribution in [-0.4, -0.2) is 81.7 Å². The molecule has 1 aromatic carbocycles. The number of para-hydroxylation sites is 1. The molecule has 0 aliphatic heterocycles. The van der Waals surface area contributed by atoms with Gasteiger partial charge in [0.25, 0.3) is 0 Å². The molecule has 0 bridgehead atoms. The average molecular weight is 497 g/mol. The van der Waals surface area contributed by atoms with Crippen LogP contribution in [0.3, 0.4) is 0 Å². The van der Waals surface area contributed by atoms with E-state index in [1.807, 2.05) is 43.3 Å². The second kappa shape index (κ2) is 9.61. The predicted molar refractivity (Wildman–Crippen MR) is 126 cm³/mol. The van der Waals surface area contributed by atoms with E-state index < -0.39 is 31.0 Å². The van der Waals surface area contributed by atoms with Crippen molar-refractivity contribution in [1.82, 2.24) is 19.9 Å². The molecule has 3 aromatic rings. The number of aryl methyl sites for hydroxylation is 1. The Kier molecular flexibility index (Phi) is 6.94. The normalized spacial score (nSPS) is 23.1. The molecule has 4 rings (SSSR count). The van der Waals surface area contributed by atoms with Crippen LogP contribution in [0.4, 0.5) is 24.9 Å². The van der Waals surface area contributed by atoms with Crippen LogP contribution < -0.4 is 10.6 Å². The maximum atomic E-state index is 12.8. The smallest absolute Gasteiger partial charge is 0.390 e. The van der Waals surface area contributed by atoms with E-state index in [-0.39, 0.29) is 17.7 Å². The summed E-state index contributed by atoms with van der Waals surface area (Å²) in [6.07, 6.45) is -5.96. The number of hydrogen-bond acceptors (Lipinski definition) is 9. The topological polar surface area (TPSA) is 106 Å². The van der Waals surface area contributed by atoms with E-state index in [1.165, 1.54) is 11.3 Å². The summed E-state index contributed by atoms with van der Waals surface area (Å²) in [5, 5.41) is 27.2. The third kappa shape index (κ3) is 5.40. The van der Waals surface area contributed by atoms with Gasteiger partial charge in [-0.2, -0.15) is 18.2 Å². The maximum Gasteiger partial charge on any atom is 0.405 e. The van der Waals surface area contributed by atoms with Gasteiger partial charge in [0.2, 0.25) is 5.95 Å². The number of nitrogens with zero attached hydrogens (tertiary/aromatic N) is 4. The Hall–Kier alpha value is -2.54. The molecule has 4 N–H and O–H groups in total. The lowest BCUT2D eigenvalue weighted by atomic mass is 10.1. The number of halogens is 3. The highest BCUT2D eigenvalue weighted by atomic mass is 32.1. The third-order valence-corrected chi connectivity index (χ3v) is 6.82. The summed E-state index contributed by atoms with van der Waals surface area (Å²) in [7, 11) is 3.77. The van der Waals surface area contributed by atoms with Crippen LogP contribution in [0.5, 0.6) is 0 Å². The van der Waals surface area contributed by atoms with E-state index in [4.69, 9.17) is 0 Å². The minimum Gasteiger partial charge on any atom is -0.390 e. The summed E-state index contributed by atoms with van der Waals surface area (Å²) in [4.78, 5) is 15.2. The second-order valence-corrected chi connectivity index (χ2v) is 9.83. The van der Waals surface area contributed by atoms with E-state index in [0.717, 1.165) is 10.2 Å². The SMILES string of the molecule is Cc1nc(NCC(F)(F)F)nc(N[C@@H]2C[C@H](CN(C)C)[C@@H](O)[C@H]2O)c1-c1nc2ccccc2s1. The van der Waals surface area contributed by atoms with Crippen molar-refractivity contribution in [3.63, 3.8) is 0 Å². The molecule has 34 heavy (non-hydrogen) atoms. The first-order valence-electron chi connectivity index (χ1n) is 10.8. The lowest BCUT2D eigenvalue weighted by molar-refractivity contribution is -0.115. The molecule has 4 atom stereocenters. The van der Waals surface area contributed by atoms with Gasteiger partial charge in [0.1, 0.15) is 23.5 Å². The first-order chi connectivity index (χ1) is 16.0. The summed E-state index contributed by atoms with van der Waals surface area (Å²) in [6, 6.07) is 7.04. The minimum atomic E-state index is -4.43. The zero-order chi connectivity index (χ0) is 24.6. The average Bonchev–Trinajstić information content (AvgIpc) is 3.28. The Morgan fingerprint density at radius 3 is 2.53 bits per heavy atom. The van der Waals surface area contributed by atoms with Gasteiger partial charge < -0.3 is 25.7 Å². The first-order valence-corrected chi connectivity index (χ1v) is 11.7. The second-order valence-electron chi connectivity index (χ2n) is 8.80. The summed E-state index contributed by atoms with van der Waals surface area (Å²) >= 11 is 1.42. The van der Waals surface area contributed by atoms with Crippen molar-refractivity contribution in [2.45, 2.75) is 37.8 Å². The maximum absolute atomic E-state index is 12.8. The predicted octanol–water partition coefficient (Wildman–Crippen LogP) is 3.12. The number of aromatic nitrogens is 3. The lowest BCUT2D eigenvalue weighted by Crippen LogP contribution is -2.36. The van der Waals surface area contributed by atoms with Gasteiger partial charge in [-0.05, 0) is 39.6 Å². The molecule has 0 spiro atoms. The van der Waals surface area contributed by atoms with E-state index >= 15 is 0 Å². The number of nitrogens with one attached hydrogen (secondary N) is 2.